The normalized spacial score (nSPS) is 28.3. The molecule has 0 bridgehead atoms. The highest BCUT2D eigenvalue weighted by Gasteiger charge is 2.42. The van der Waals surface area contributed by atoms with Crippen molar-refractivity contribution in [1.29, 1.82) is 0 Å². The lowest BCUT2D eigenvalue weighted by atomic mass is 9.95. The Hall–Kier alpha value is -0.860. The first kappa shape index (κ1) is 14.1. The predicted molar refractivity (Wildman–Crippen MR) is 84.8 cm³/mol. The largest absolute Gasteiger partial charge is 0.310 e. The van der Waals surface area contributed by atoms with E-state index in [0.717, 1.165) is 18.9 Å². The van der Waals surface area contributed by atoms with Gasteiger partial charge in [-0.2, -0.15) is 0 Å². The summed E-state index contributed by atoms with van der Waals surface area (Å²) >= 11 is 0. The second-order valence-corrected chi connectivity index (χ2v) is 6.80. The molecule has 1 aromatic carbocycles. The summed E-state index contributed by atoms with van der Waals surface area (Å²) in [5.74, 6) is 0.907. The summed E-state index contributed by atoms with van der Waals surface area (Å²) in [4.78, 5) is 2.67. The van der Waals surface area contributed by atoms with Crippen LogP contribution in [0.1, 0.15) is 44.2 Å². The third-order valence-corrected chi connectivity index (χ3v) is 5.10. The first-order chi connectivity index (χ1) is 9.71. The Kier molecular flexibility index (Phi) is 4.13. The molecule has 110 valence electrons. The van der Waals surface area contributed by atoms with Crippen LogP contribution in [0, 0.1) is 5.92 Å². The van der Waals surface area contributed by atoms with Gasteiger partial charge in [0.05, 0.1) is 0 Å². The maximum Gasteiger partial charge on any atom is 0.0308 e. The SMILES string of the molecule is CCc1ccccc1CN1CCCNC(C)(C2CC2)C1. The van der Waals surface area contributed by atoms with Crippen molar-refractivity contribution in [3.63, 3.8) is 0 Å². The highest BCUT2D eigenvalue weighted by Crippen LogP contribution is 2.40. The van der Waals surface area contributed by atoms with E-state index in [2.05, 4.69) is 48.3 Å². The molecule has 1 aliphatic heterocycles. The average Bonchev–Trinajstić information content (AvgIpc) is 3.28. The number of nitrogens with zero attached hydrogens (tertiary/aromatic N) is 1. The molecule has 2 fully saturated rings. The van der Waals surface area contributed by atoms with E-state index in [4.69, 9.17) is 0 Å². The first-order valence-electron chi connectivity index (χ1n) is 8.25. The molecule has 1 atom stereocenters. The molecule has 2 heteroatoms. The van der Waals surface area contributed by atoms with E-state index >= 15 is 0 Å². The van der Waals surface area contributed by atoms with Crippen molar-refractivity contribution < 1.29 is 0 Å². The zero-order valence-corrected chi connectivity index (χ0v) is 13.0. The van der Waals surface area contributed by atoms with Crippen LogP contribution < -0.4 is 5.32 Å². The summed E-state index contributed by atoms with van der Waals surface area (Å²) in [6, 6.07) is 8.95. The fourth-order valence-electron chi connectivity index (χ4n) is 3.70. The Balaban J connectivity index is 1.72. The molecule has 0 aromatic heterocycles. The van der Waals surface area contributed by atoms with Gasteiger partial charge in [0.1, 0.15) is 0 Å². The maximum atomic E-state index is 3.82. The van der Waals surface area contributed by atoms with E-state index in [1.54, 1.807) is 0 Å². The molecule has 2 aliphatic rings. The van der Waals surface area contributed by atoms with Gasteiger partial charge in [0.15, 0.2) is 0 Å². The lowest BCUT2D eigenvalue weighted by molar-refractivity contribution is 0.194. The summed E-state index contributed by atoms with van der Waals surface area (Å²) in [5, 5.41) is 3.82. The van der Waals surface area contributed by atoms with Gasteiger partial charge in [-0.25, -0.2) is 0 Å². The smallest absolute Gasteiger partial charge is 0.0308 e. The number of aryl methyl sites for hydroxylation is 1. The van der Waals surface area contributed by atoms with Crippen molar-refractivity contribution in [1.82, 2.24) is 10.2 Å². The molecule has 0 radical (unpaired) electrons. The van der Waals surface area contributed by atoms with Crippen LogP contribution in [0.25, 0.3) is 0 Å². The van der Waals surface area contributed by atoms with Gasteiger partial charge in [0.2, 0.25) is 0 Å². The zero-order valence-electron chi connectivity index (χ0n) is 13.0. The highest BCUT2D eigenvalue weighted by atomic mass is 15.2. The van der Waals surface area contributed by atoms with Crippen molar-refractivity contribution in [2.75, 3.05) is 19.6 Å². The van der Waals surface area contributed by atoms with Crippen LogP contribution in [-0.4, -0.2) is 30.1 Å². The standard InChI is InChI=1S/C18H28N2/c1-3-15-7-4-5-8-16(15)13-20-12-6-11-19-18(2,14-20)17-9-10-17/h4-5,7-8,17,19H,3,6,9-14H2,1-2H3. The fraction of sp³-hybridized carbons (Fsp3) is 0.667. The fourth-order valence-corrected chi connectivity index (χ4v) is 3.70. The molecule has 1 saturated carbocycles. The minimum Gasteiger partial charge on any atom is -0.310 e. The molecular weight excluding hydrogens is 244 g/mol. The number of hydrogen-bond acceptors (Lipinski definition) is 2. The molecule has 1 aliphatic carbocycles. The summed E-state index contributed by atoms with van der Waals surface area (Å²) in [6.07, 6.45) is 5.25. The van der Waals surface area contributed by atoms with Crippen molar-refractivity contribution >= 4 is 0 Å². The van der Waals surface area contributed by atoms with E-state index in [-0.39, 0.29) is 0 Å². The van der Waals surface area contributed by atoms with Gasteiger partial charge in [-0.15, -0.1) is 0 Å². The van der Waals surface area contributed by atoms with Crippen molar-refractivity contribution in [3.05, 3.63) is 35.4 Å². The van der Waals surface area contributed by atoms with Crippen LogP contribution in [0.3, 0.4) is 0 Å². The number of benzene rings is 1. The van der Waals surface area contributed by atoms with Crippen LogP contribution in [0.2, 0.25) is 0 Å². The Bertz CT molecular complexity index is 452. The molecule has 2 nitrogen and oxygen atoms in total. The molecule has 1 saturated heterocycles. The zero-order chi connectivity index (χ0) is 14.0. The molecular formula is C18H28N2. The molecule has 0 spiro atoms. The molecule has 20 heavy (non-hydrogen) atoms. The van der Waals surface area contributed by atoms with Gasteiger partial charge in [0, 0.05) is 18.6 Å². The topological polar surface area (TPSA) is 15.3 Å². The highest BCUT2D eigenvalue weighted by molar-refractivity contribution is 5.27. The first-order valence-corrected chi connectivity index (χ1v) is 8.25. The molecule has 1 heterocycles. The average molecular weight is 272 g/mol. The third kappa shape index (κ3) is 3.07. The second-order valence-electron chi connectivity index (χ2n) is 6.80. The minimum atomic E-state index is 0.345. The van der Waals surface area contributed by atoms with E-state index in [1.165, 1.54) is 50.0 Å². The molecule has 1 aromatic rings. The van der Waals surface area contributed by atoms with E-state index in [9.17, 15) is 0 Å². The maximum absolute atomic E-state index is 3.82. The number of nitrogens with one attached hydrogen (secondary N) is 1. The second kappa shape index (κ2) is 5.87. The quantitative estimate of drug-likeness (QED) is 0.905. The van der Waals surface area contributed by atoms with Crippen LogP contribution in [-0.2, 0) is 13.0 Å². The summed E-state index contributed by atoms with van der Waals surface area (Å²) in [7, 11) is 0. The third-order valence-electron chi connectivity index (χ3n) is 5.10. The van der Waals surface area contributed by atoms with Crippen LogP contribution >= 0.6 is 0 Å². The molecule has 0 amide bonds. The molecule has 3 rings (SSSR count). The van der Waals surface area contributed by atoms with Crippen LogP contribution in [0.15, 0.2) is 24.3 Å². The molecule has 1 N–H and O–H groups in total. The van der Waals surface area contributed by atoms with Crippen molar-refractivity contribution in [2.24, 2.45) is 5.92 Å². The summed E-state index contributed by atoms with van der Waals surface area (Å²) < 4.78 is 0. The lowest BCUT2D eigenvalue weighted by Crippen LogP contribution is -2.50. The monoisotopic (exact) mass is 272 g/mol. The Morgan fingerprint density at radius 3 is 2.70 bits per heavy atom. The lowest BCUT2D eigenvalue weighted by Gasteiger charge is -2.34. The van der Waals surface area contributed by atoms with Gasteiger partial charge in [0.25, 0.3) is 0 Å². The minimum absolute atomic E-state index is 0.345. The number of hydrogen-bond donors (Lipinski definition) is 1. The van der Waals surface area contributed by atoms with E-state index < -0.39 is 0 Å². The van der Waals surface area contributed by atoms with E-state index in [0.29, 0.717) is 5.54 Å². The Morgan fingerprint density at radius 2 is 2.00 bits per heavy atom. The Morgan fingerprint density at radius 1 is 1.25 bits per heavy atom. The van der Waals surface area contributed by atoms with Gasteiger partial charge >= 0.3 is 0 Å². The van der Waals surface area contributed by atoms with E-state index in [1.807, 2.05) is 0 Å². The van der Waals surface area contributed by atoms with Gasteiger partial charge in [-0.3, -0.25) is 4.90 Å². The van der Waals surface area contributed by atoms with Crippen molar-refractivity contribution in [3.8, 4) is 0 Å². The Labute approximate surface area is 123 Å². The summed E-state index contributed by atoms with van der Waals surface area (Å²) in [5.41, 5.74) is 3.38. The number of rotatable bonds is 4. The summed E-state index contributed by atoms with van der Waals surface area (Å²) in [6.45, 7) is 9.43. The van der Waals surface area contributed by atoms with Crippen LogP contribution in [0.4, 0.5) is 0 Å². The van der Waals surface area contributed by atoms with Crippen molar-refractivity contribution in [2.45, 2.75) is 51.6 Å². The predicted octanol–water partition coefficient (Wildman–Crippen LogP) is 3.21. The van der Waals surface area contributed by atoms with Gasteiger partial charge in [-0.05, 0) is 62.7 Å². The van der Waals surface area contributed by atoms with Gasteiger partial charge in [-0.1, -0.05) is 31.2 Å². The van der Waals surface area contributed by atoms with Crippen LogP contribution in [0.5, 0.6) is 0 Å². The molecule has 1 unspecified atom stereocenters. The van der Waals surface area contributed by atoms with Gasteiger partial charge < -0.3 is 5.32 Å².